The molecule has 0 saturated carbocycles. The molecule has 2 heterocycles. The Morgan fingerprint density at radius 3 is 2.50 bits per heavy atom. The summed E-state index contributed by atoms with van der Waals surface area (Å²) in [6.07, 6.45) is 6.51. The van der Waals surface area contributed by atoms with Crippen LogP contribution in [0, 0.1) is 5.82 Å². The molecule has 0 atom stereocenters. The van der Waals surface area contributed by atoms with E-state index >= 15 is 0 Å². The molecule has 0 amide bonds. The largest absolute Gasteiger partial charge is 0.381 e. The summed E-state index contributed by atoms with van der Waals surface area (Å²) in [6, 6.07) is 7.30. The first-order chi connectivity index (χ1) is 14.1. The van der Waals surface area contributed by atoms with Gasteiger partial charge in [0.15, 0.2) is 5.96 Å². The minimum absolute atomic E-state index is 0. The van der Waals surface area contributed by atoms with E-state index in [-0.39, 0.29) is 34.5 Å². The number of nitrogens with one attached hydrogen (secondary N) is 2. The SMILES string of the molecule is CCNC(=NCC1(SC)CCOCC1)NC1CCN(Cc2ccc(F)cc2)CC1.I. The zero-order valence-corrected chi connectivity index (χ0v) is 21.3. The van der Waals surface area contributed by atoms with Gasteiger partial charge in [0.05, 0.1) is 6.54 Å². The minimum atomic E-state index is -0.170. The first-order valence-electron chi connectivity index (χ1n) is 10.8. The van der Waals surface area contributed by atoms with Crippen molar-refractivity contribution in [1.29, 1.82) is 0 Å². The van der Waals surface area contributed by atoms with Gasteiger partial charge >= 0.3 is 0 Å². The average molecular weight is 551 g/mol. The summed E-state index contributed by atoms with van der Waals surface area (Å²) in [5.74, 6) is 0.764. The molecular formula is C22H36FIN4OS. The van der Waals surface area contributed by atoms with E-state index in [1.54, 1.807) is 12.1 Å². The Bertz CT molecular complexity index is 647. The van der Waals surface area contributed by atoms with Crippen LogP contribution < -0.4 is 10.6 Å². The van der Waals surface area contributed by atoms with Gasteiger partial charge in [0.2, 0.25) is 0 Å². The first kappa shape index (κ1) is 25.7. The molecule has 0 spiro atoms. The van der Waals surface area contributed by atoms with Gasteiger partial charge in [-0.05, 0) is 56.6 Å². The Morgan fingerprint density at radius 2 is 1.90 bits per heavy atom. The van der Waals surface area contributed by atoms with Crippen LogP contribution in [0.2, 0.25) is 0 Å². The lowest BCUT2D eigenvalue weighted by Gasteiger charge is -2.35. The van der Waals surface area contributed by atoms with Gasteiger partial charge in [0.25, 0.3) is 0 Å². The molecule has 0 aliphatic carbocycles. The van der Waals surface area contributed by atoms with E-state index < -0.39 is 0 Å². The summed E-state index contributed by atoms with van der Waals surface area (Å²) >= 11 is 1.93. The molecule has 0 radical (unpaired) electrons. The zero-order chi connectivity index (χ0) is 20.5. The van der Waals surface area contributed by atoms with Gasteiger partial charge in [0.1, 0.15) is 5.82 Å². The molecule has 5 nitrogen and oxygen atoms in total. The topological polar surface area (TPSA) is 48.9 Å². The quantitative estimate of drug-likeness (QED) is 0.307. The highest BCUT2D eigenvalue weighted by Crippen LogP contribution is 2.34. The normalized spacial score (nSPS) is 20.4. The van der Waals surface area contributed by atoms with Crippen LogP contribution in [0.25, 0.3) is 0 Å². The Morgan fingerprint density at radius 1 is 1.23 bits per heavy atom. The van der Waals surface area contributed by atoms with Crippen LogP contribution in [0.15, 0.2) is 29.3 Å². The predicted molar refractivity (Wildman–Crippen MR) is 136 cm³/mol. The van der Waals surface area contributed by atoms with E-state index in [1.807, 2.05) is 23.9 Å². The van der Waals surface area contributed by atoms with Crippen molar-refractivity contribution in [3.63, 3.8) is 0 Å². The molecule has 3 rings (SSSR count). The fourth-order valence-corrected chi connectivity index (χ4v) is 4.76. The van der Waals surface area contributed by atoms with E-state index in [1.165, 1.54) is 5.56 Å². The summed E-state index contributed by atoms with van der Waals surface area (Å²) in [4.78, 5) is 7.38. The number of nitrogens with zero attached hydrogens (tertiary/aromatic N) is 2. The molecule has 1 aromatic rings. The molecule has 2 N–H and O–H groups in total. The summed E-state index contributed by atoms with van der Waals surface area (Å²) in [5, 5.41) is 7.07. The van der Waals surface area contributed by atoms with Gasteiger partial charge in [0, 0.05) is 50.2 Å². The van der Waals surface area contributed by atoms with Crippen LogP contribution in [-0.2, 0) is 11.3 Å². The molecule has 0 aromatic heterocycles. The second-order valence-electron chi connectivity index (χ2n) is 8.02. The van der Waals surface area contributed by atoms with E-state index in [9.17, 15) is 4.39 Å². The van der Waals surface area contributed by atoms with Crippen LogP contribution in [-0.4, -0.2) is 67.3 Å². The van der Waals surface area contributed by atoms with Crippen molar-refractivity contribution in [2.75, 3.05) is 45.6 Å². The predicted octanol–water partition coefficient (Wildman–Crippen LogP) is 3.88. The maximum atomic E-state index is 13.1. The number of hydrogen-bond donors (Lipinski definition) is 2. The van der Waals surface area contributed by atoms with Crippen LogP contribution in [0.4, 0.5) is 4.39 Å². The first-order valence-corrected chi connectivity index (χ1v) is 12.0. The van der Waals surface area contributed by atoms with Crippen molar-refractivity contribution >= 4 is 41.7 Å². The van der Waals surface area contributed by atoms with Crippen molar-refractivity contribution in [3.05, 3.63) is 35.6 Å². The highest BCUT2D eigenvalue weighted by molar-refractivity contribution is 14.0. The number of halogens is 2. The number of thioether (sulfide) groups is 1. The number of hydrogen-bond acceptors (Lipinski definition) is 4. The Labute approximate surface area is 202 Å². The Balaban J connectivity index is 0.00000320. The lowest BCUT2D eigenvalue weighted by atomic mass is 9.99. The van der Waals surface area contributed by atoms with Crippen LogP contribution in [0.1, 0.15) is 38.2 Å². The van der Waals surface area contributed by atoms with E-state index in [4.69, 9.17) is 9.73 Å². The summed E-state index contributed by atoms with van der Waals surface area (Å²) in [7, 11) is 0. The number of guanidine groups is 1. The number of rotatable bonds is 7. The molecule has 170 valence electrons. The van der Waals surface area contributed by atoms with E-state index in [0.717, 1.165) is 77.6 Å². The lowest BCUT2D eigenvalue weighted by Crippen LogP contribution is -2.49. The summed E-state index contributed by atoms with van der Waals surface area (Å²) in [6.45, 7) is 8.46. The molecule has 8 heteroatoms. The second-order valence-corrected chi connectivity index (χ2v) is 9.29. The van der Waals surface area contributed by atoms with Gasteiger partial charge in [-0.25, -0.2) is 4.39 Å². The number of ether oxygens (including phenoxy) is 1. The number of benzene rings is 1. The second kappa shape index (κ2) is 13.1. The number of piperidine rings is 1. The summed E-state index contributed by atoms with van der Waals surface area (Å²) < 4.78 is 18.8. The minimum Gasteiger partial charge on any atom is -0.381 e. The standard InChI is InChI=1S/C22H35FN4OS.HI/c1-3-24-21(25-17-22(29-2)10-14-28-15-11-22)26-20-8-12-27(13-9-20)16-18-4-6-19(23)7-5-18;/h4-7,20H,3,8-17H2,1-2H3,(H2,24,25,26);1H. The fraction of sp³-hybridized carbons (Fsp3) is 0.682. The maximum absolute atomic E-state index is 13.1. The number of aliphatic imine (C=N–C) groups is 1. The summed E-state index contributed by atoms with van der Waals surface area (Å²) in [5.41, 5.74) is 1.17. The van der Waals surface area contributed by atoms with Crippen LogP contribution in [0.3, 0.4) is 0 Å². The average Bonchev–Trinajstić information content (AvgIpc) is 2.76. The van der Waals surface area contributed by atoms with Gasteiger partial charge in [-0.3, -0.25) is 9.89 Å². The third-order valence-electron chi connectivity index (χ3n) is 5.95. The van der Waals surface area contributed by atoms with Crippen LogP contribution in [0.5, 0.6) is 0 Å². The molecular weight excluding hydrogens is 514 g/mol. The molecule has 2 aliphatic heterocycles. The van der Waals surface area contributed by atoms with Crippen LogP contribution >= 0.6 is 35.7 Å². The fourth-order valence-electron chi connectivity index (χ4n) is 3.99. The molecule has 30 heavy (non-hydrogen) atoms. The maximum Gasteiger partial charge on any atom is 0.191 e. The molecule has 2 fully saturated rings. The molecule has 2 aliphatic rings. The lowest BCUT2D eigenvalue weighted by molar-refractivity contribution is 0.0794. The van der Waals surface area contributed by atoms with Gasteiger partial charge in [-0.15, -0.1) is 24.0 Å². The smallest absolute Gasteiger partial charge is 0.191 e. The Kier molecular flexibility index (Phi) is 11.2. The monoisotopic (exact) mass is 550 g/mol. The Hall–Kier alpha value is -0.580. The van der Waals surface area contributed by atoms with Gasteiger partial charge in [-0.1, -0.05) is 12.1 Å². The third-order valence-corrected chi connectivity index (χ3v) is 7.36. The van der Waals surface area contributed by atoms with Crippen molar-refractivity contribution in [1.82, 2.24) is 15.5 Å². The highest BCUT2D eigenvalue weighted by Gasteiger charge is 2.31. The molecule has 2 saturated heterocycles. The van der Waals surface area contributed by atoms with E-state index in [2.05, 4.69) is 28.7 Å². The zero-order valence-electron chi connectivity index (χ0n) is 18.2. The molecule has 0 unspecified atom stereocenters. The van der Waals surface area contributed by atoms with Crippen molar-refractivity contribution in [2.45, 2.75) is 49.9 Å². The number of likely N-dealkylation sites (tertiary alicyclic amines) is 1. The molecule has 1 aromatic carbocycles. The third kappa shape index (κ3) is 7.84. The van der Waals surface area contributed by atoms with Gasteiger partial charge in [-0.2, -0.15) is 11.8 Å². The van der Waals surface area contributed by atoms with Crippen molar-refractivity contribution < 1.29 is 9.13 Å². The van der Waals surface area contributed by atoms with E-state index in [0.29, 0.717) is 6.04 Å². The highest BCUT2D eigenvalue weighted by atomic mass is 127. The van der Waals surface area contributed by atoms with Gasteiger partial charge < -0.3 is 15.4 Å². The van der Waals surface area contributed by atoms with Crippen molar-refractivity contribution in [2.24, 2.45) is 4.99 Å². The van der Waals surface area contributed by atoms with Crippen molar-refractivity contribution in [3.8, 4) is 0 Å². The molecule has 0 bridgehead atoms.